The lowest BCUT2D eigenvalue weighted by molar-refractivity contribution is 0.416. The minimum Gasteiger partial charge on any atom is -0.496 e. The third-order valence-corrected chi connectivity index (χ3v) is 3.57. The number of rotatable bonds is 2. The van der Waals surface area contributed by atoms with Crippen molar-refractivity contribution in [2.75, 3.05) is 7.11 Å². The molecule has 20 heavy (non-hydrogen) atoms. The van der Waals surface area contributed by atoms with E-state index in [0.29, 0.717) is 15.8 Å². The Hall–Kier alpha value is -1.84. The fourth-order valence-corrected chi connectivity index (χ4v) is 2.51. The predicted molar refractivity (Wildman–Crippen MR) is 81.5 cm³/mol. The monoisotopic (exact) mass is 304 g/mol. The molecule has 0 bridgehead atoms. The highest BCUT2D eigenvalue weighted by molar-refractivity contribution is 6.35. The van der Waals surface area contributed by atoms with Gasteiger partial charge in [-0.05, 0) is 24.3 Å². The first-order chi connectivity index (χ1) is 9.70. The summed E-state index contributed by atoms with van der Waals surface area (Å²) in [6.45, 7) is 0. The van der Waals surface area contributed by atoms with Gasteiger partial charge in [0.15, 0.2) is 0 Å². The molecule has 0 atom stereocenters. The van der Waals surface area contributed by atoms with Gasteiger partial charge in [0.25, 0.3) is 0 Å². The van der Waals surface area contributed by atoms with Crippen LogP contribution < -0.4 is 4.74 Å². The Labute approximate surface area is 126 Å². The molecule has 0 amide bonds. The lowest BCUT2D eigenvalue weighted by Crippen LogP contribution is -1.93. The van der Waals surface area contributed by atoms with Crippen LogP contribution in [0.2, 0.25) is 10.0 Å². The fraction of sp³-hybridized carbons (Fsp3) is 0.0667. The Morgan fingerprint density at radius 1 is 1.05 bits per heavy atom. The van der Waals surface area contributed by atoms with Crippen molar-refractivity contribution >= 4 is 34.1 Å². The van der Waals surface area contributed by atoms with E-state index in [1.165, 1.54) is 6.33 Å². The molecular formula is C15H10Cl2N2O. The first-order valence-electron chi connectivity index (χ1n) is 5.94. The van der Waals surface area contributed by atoms with Crippen LogP contribution in [-0.2, 0) is 0 Å². The molecule has 1 heterocycles. The molecule has 0 saturated carbocycles. The van der Waals surface area contributed by atoms with Gasteiger partial charge in [-0.15, -0.1) is 0 Å². The van der Waals surface area contributed by atoms with Crippen LogP contribution in [0.5, 0.6) is 5.75 Å². The molecule has 3 aromatic rings. The number of para-hydroxylation sites is 1. The van der Waals surface area contributed by atoms with Gasteiger partial charge in [-0.3, -0.25) is 0 Å². The number of hydrogen-bond acceptors (Lipinski definition) is 3. The number of nitrogens with zero attached hydrogens (tertiary/aromatic N) is 2. The summed E-state index contributed by atoms with van der Waals surface area (Å²) in [5, 5.41) is 2.08. The maximum Gasteiger partial charge on any atom is 0.129 e. The highest BCUT2D eigenvalue weighted by Crippen LogP contribution is 2.35. The highest BCUT2D eigenvalue weighted by Gasteiger charge is 2.13. The van der Waals surface area contributed by atoms with Crippen LogP contribution in [0.1, 0.15) is 0 Å². The molecule has 0 saturated heterocycles. The maximum absolute atomic E-state index is 6.17. The van der Waals surface area contributed by atoms with Crippen molar-refractivity contribution in [2.24, 2.45) is 0 Å². The Bertz CT molecular complexity index is 790. The van der Waals surface area contributed by atoms with E-state index in [-0.39, 0.29) is 0 Å². The lowest BCUT2D eigenvalue weighted by atomic mass is 10.1. The molecule has 100 valence electrons. The standard InChI is InChI=1S/C15H10Cl2N2O/c1-20-13-7-9(16)5-6-10(13)14-11-3-2-4-12(17)15(11)19-8-18-14/h2-8H,1H3. The SMILES string of the molecule is COc1cc(Cl)ccc1-c1ncnc2c(Cl)cccc12. The molecule has 3 nitrogen and oxygen atoms in total. The van der Waals surface area contributed by atoms with Crippen molar-refractivity contribution < 1.29 is 4.74 Å². The normalized spacial score (nSPS) is 10.8. The smallest absolute Gasteiger partial charge is 0.129 e. The second-order valence-electron chi connectivity index (χ2n) is 4.20. The van der Waals surface area contributed by atoms with Gasteiger partial charge >= 0.3 is 0 Å². The average Bonchev–Trinajstić information content (AvgIpc) is 2.47. The van der Waals surface area contributed by atoms with Gasteiger partial charge in [0.2, 0.25) is 0 Å². The number of methoxy groups -OCH3 is 1. The molecule has 0 aliphatic heterocycles. The first kappa shape index (κ1) is 13.2. The van der Waals surface area contributed by atoms with Crippen molar-refractivity contribution in [2.45, 2.75) is 0 Å². The van der Waals surface area contributed by atoms with Crippen molar-refractivity contribution in [3.63, 3.8) is 0 Å². The minimum absolute atomic E-state index is 0.596. The van der Waals surface area contributed by atoms with E-state index in [9.17, 15) is 0 Å². The van der Waals surface area contributed by atoms with Gasteiger partial charge in [-0.25, -0.2) is 9.97 Å². The van der Waals surface area contributed by atoms with E-state index in [1.807, 2.05) is 18.2 Å². The molecule has 0 spiro atoms. The largest absolute Gasteiger partial charge is 0.496 e. The third kappa shape index (κ3) is 2.19. The summed E-state index contributed by atoms with van der Waals surface area (Å²) in [5.41, 5.74) is 2.34. The van der Waals surface area contributed by atoms with E-state index in [1.54, 1.807) is 25.3 Å². The number of hydrogen-bond donors (Lipinski definition) is 0. The Morgan fingerprint density at radius 3 is 2.70 bits per heavy atom. The van der Waals surface area contributed by atoms with Gasteiger partial charge in [-0.2, -0.15) is 0 Å². The maximum atomic E-state index is 6.17. The van der Waals surface area contributed by atoms with E-state index in [0.717, 1.165) is 22.2 Å². The molecule has 0 radical (unpaired) electrons. The molecule has 2 aromatic carbocycles. The Balaban J connectivity index is 2.33. The van der Waals surface area contributed by atoms with Crippen molar-refractivity contribution in [1.82, 2.24) is 9.97 Å². The van der Waals surface area contributed by atoms with Crippen LogP contribution in [0, 0.1) is 0 Å². The van der Waals surface area contributed by atoms with Gasteiger partial charge in [0.1, 0.15) is 12.1 Å². The molecule has 5 heteroatoms. The zero-order chi connectivity index (χ0) is 14.1. The summed E-state index contributed by atoms with van der Waals surface area (Å²) in [6, 6.07) is 11.1. The van der Waals surface area contributed by atoms with E-state index < -0.39 is 0 Å². The topological polar surface area (TPSA) is 35.0 Å². The molecule has 0 unspecified atom stereocenters. The number of benzene rings is 2. The van der Waals surface area contributed by atoms with E-state index in [4.69, 9.17) is 27.9 Å². The second kappa shape index (κ2) is 5.27. The second-order valence-corrected chi connectivity index (χ2v) is 5.05. The van der Waals surface area contributed by atoms with Crippen LogP contribution in [0.4, 0.5) is 0 Å². The summed E-state index contributed by atoms with van der Waals surface area (Å²) >= 11 is 12.2. The van der Waals surface area contributed by atoms with Gasteiger partial charge in [0, 0.05) is 16.0 Å². The molecule has 0 fully saturated rings. The summed E-state index contributed by atoms with van der Waals surface area (Å²) in [7, 11) is 1.60. The molecule has 0 aliphatic rings. The van der Waals surface area contributed by atoms with Crippen LogP contribution >= 0.6 is 23.2 Å². The van der Waals surface area contributed by atoms with Crippen LogP contribution in [0.25, 0.3) is 22.2 Å². The number of aromatic nitrogens is 2. The van der Waals surface area contributed by atoms with Crippen molar-refractivity contribution in [3.05, 3.63) is 52.8 Å². The Morgan fingerprint density at radius 2 is 1.90 bits per heavy atom. The van der Waals surface area contributed by atoms with Crippen LogP contribution in [0.15, 0.2) is 42.7 Å². The fourth-order valence-electron chi connectivity index (χ4n) is 2.13. The predicted octanol–water partition coefficient (Wildman–Crippen LogP) is 4.61. The van der Waals surface area contributed by atoms with Gasteiger partial charge in [-0.1, -0.05) is 35.3 Å². The van der Waals surface area contributed by atoms with Gasteiger partial charge in [0.05, 0.1) is 23.3 Å². The summed E-state index contributed by atoms with van der Waals surface area (Å²) in [5.74, 6) is 0.664. The number of halogens is 2. The van der Waals surface area contributed by atoms with E-state index in [2.05, 4.69) is 9.97 Å². The number of ether oxygens (including phenoxy) is 1. The zero-order valence-corrected chi connectivity index (χ0v) is 12.1. The van der Waals surface area contributed by atoms with Crippen LogP contribution in [-0.4, -0.2) is 17.1 Å². The van der Waals surface area contributed by atoms with Crippen molar-refractivity contribution in [3.8, 4) is 17.0 Å². The summed E-state index contributed by atoms with van der Waals surface area (Å²) in [6.07, 6.45) is 1.50. The molecule has 3 rings (SSSR count). The van der Waals surface area contributed by atoms with Gasteiger partial charge < -0.3 is 4.74 Å². The van der Waals surface area contributed by atoms with Crippen molar-refractivity contribution in [1.29, 1.82) is 0 Å². The first-order valence-corrected chi connectivity index (χ1v) is 6.69. The summed E-state index contributed by atoms with van der Waals surface area (Å²) in [4.78, 5) is 8.59. The third-order valence-electron chi connectivity index (χ3n) is 3.03. The average molecular weight is 305 g/mol. The summed E-state index contributed by atoms with van der Waals surface area (Å²) < 4.78 is 5.38. The number of fused-ring (bicyclic) bond motifs is 1. The lowest BCUT2D eigenvalue weighted by Gasteiger charge is -2.10. The quantitative estimate of drug-likeness (QED) is 0.693. The highest BCUT2D eigenvalue weighted by atomic mass is 35.5. The molecule has 1 aromatic heterocycles. The Kier molecular flexibility index (Phi) is 3.47. The molecular weight excluding hydrogens is 295 g/mol. The zero-order valence-electron chi connectivity index (χ0n) is 10.6. The molecule has 0 N–H and O–H groups in total. The minimum atomic E-state index is 0.596. The molecule has 0 aliphatic carbocycles. The van der Waals surface area contributed by atoms with E-state index >= 15 is 0 Å². The van der Waals surface area contributed by atoms with Crippen LogP contribution in [0.3, 0.4) is 0 Å².